The van der Waals surface area contributed by atoms with E-state index in [0.717, 1.165) is 17.0 Å². The molecule has 1 unspecified atom stereocenters. The van der Waals surface area contributed by atoms with Crippen LogP contribution in [0.15, 0.2) is 54.6 Å². The van der Waals surface area contributed by atoms with E-state index in [9.17, 15) is 4.79 Å². The third-order valence-corrected chi connectivity index (χ3v) is 5.62. The fourth-order valence-electron chi connectivity index (χ4n) is 3.37. The first-order valence-electron chi connectivity index (χ1n) is 10.7. The van der Waals surface area contributed by atoms with Crippen LogP contribution in [0.4, 0.5) is 11.5 Å². The van der Waals surface area contributed by atoms with Crippen LogP contribution >= 0.6 is 0 Å². The molecule has 0 saturated heterocycles. The van der Waals surface area contributed by atoms with E-state index in [-0.39, 0.29) is 11.7 Å². The summed E-state index contributed by atoms with van der Waals surface area (Å²) in [5.74, 6) is 2.29. The van der Waals surface area contributed by atoms with Crippen LogP contribution in [0, 0.1) is 12.8 Å². The summed E-state index contributed by atoms with van der Waals surface area (Å²) >= 11 is 0. The van der Waals surface area contributed by atoms with Gasteiger partial charge >= 0.3 is 0 Å². The van der Waals surface area contributed by atoms with Crippen molar-refractivity contribution in [3.8, 4) is 11.5 Å². The molecule has 3 rings (SSSR count). The third-order valence-electron chi connectivity index (χ3n) is 5.62. The standard InChI is InChI=1S/C26H31N3O3/c1-16(2)18(4)21-8-6-7-9-24(21)32-20-12-10-19(11-13-20)28-26(30)22-14-17(3)23(15-31-5)29-25(22)27/h6-14,16,18H,15H2,1-5H3,(H2,27,29)(H,28,30). The smallest absolute Gasteiger partial charge is 0.259 e. The van der Waals surface area contributed by atoms with Gasteiger partial charge in [0.2, 0.25) is 0 Å². The van der Waals surface area contributed by atoms with Crippen molar-refractivity contribution in [1.82, 2.24) is 4.98 Å². The molecular weight excluding hydrogens is 402 g/mol. The van der Waals surface area contributed by atoms with Gasteiger partial charge in [0.1, 0.15) is 17.3 Å². The van der Waals surface area contributed by atoms with Gasteiger partial charge in [-0.2, -0.15) is 0 Å². The molecule has 0 aliphatic rings. The van der Waals surface area contributed by atoms with Crippen LogP contribution in [0.2, 0.25) is 0 Å². The van der Waals surface area contributed by atoms with Crippen molar-refractivity contribution in [3.05, 3.63) is 77.0 Å². The van der Waals surface area contributed by atoms with Gasteiger partial charge in [-0.15, -0.1) is 0 Å². The van der Waals surface area contributed by atoms with Gasteiger partial charge in [0, 0.05) is 12.8 Å². The van der Waals surface area contributed by atoms with Gasteiger partial charge in [0.05, 0.1) is 17.9 Å². The maximum atomic E-state index is 12.7. The summed E-state index contributed by atoms with van der Waals surface area (Å²) in [5, 5.41) is 2.87. The van der Waals surface area contributed by atoms with Gasteiger partial charge in [-0.1, -0.05) is 39.0 Å². The largest absolute Gasteiger partial charge is 0.457 e. The quantitative estimate of drug-likeness (QED) is 0.460. The number of hydrogen-bond acceptors (Lipinski definition) is 5. The SMILES string of the molecule is COCc1nc(N)c(C(=O)Nc2ccc(Oc3ccccc3C(C)C(C)C)cc2)cc1C. The molecule has 3 N–H and O–H groups in total. The van der Waals surface area contributed by atoms with E-state index in [2.05, 4.69) is 37.1 Å². The molecular formula is C26H31N3O3. The van der Waals surface area contributed by atoms with Crippen molar-refractivity contribution < 1.29 is 14.3 Å². The second-order valence-corrected chi connectivity index (χ2v) is 8.27. The van der Waals surface area contributed by atoms with Crippen LogP contribution in [-0.4, -0.2) is 18.0 Å². The first kappa shape index (κ1) is 23.3. The molecule has 1 atom stereocenters. The van der Waals surface area contributed by atoms with Crippen molar-refractivity contribution in [2.45, 2.75) is 40.2 Å². The number of nitrogens with one attached hydrogen (secondary N) is 1. The molecule has 32 heavy (non-hydrogen) atoms. The minimum atomic E-state index is -0.313. The zero-order valence-electron chi connectivity index (χ0n) is 19.3. The van der Waals surface area contributed by atoms with Gasteiger partial charge in [0.15, 0.2) is 0 Å². The lowest BCUT2D eigenvalue weighted by Crippen LogP contribution is -2.16. The number of aryl methyl sites for hydroxylation is 1. The summed E-state index contributed by atoms with van der Waals surface area (Å²) in [6.45, 7) is 8.83. The van der Waals surface area contributed by atoms with E-state index in [0.29, 0.717) is 35.4 Å². The average Bonchev–Trinajstić information content (AvgIpc) is 2.77. The molecule has 1 heterocycles. The number of carbonyl (C=O) groups is 1. The second kappa shape index (κ2) is 10.3. The fraction of sp³-hybridized carbons (Fsp3) is 0.308. The highest BCUT2D eigenvalue weighted by Gasteiger charge is 2.16. The fourth-order valence-corrected chi connectivity index (χ4v) is 3.37. The summed E-state index contributed by atoms with van der Waals surface area (Å²) in [7, 11) is 1.59. The molecule has 1 amide bonds. The molecule has 6 nitrogen and oxygen atoms in total. The molecule has 0 aliphatic carbocycles. The monoisotopic (exact) mass is 433 g/mol. The highest BCUT2D eigenvalue weighted by atomic mass is 16.5. The van der Waals surface area contributed by atoms with Crippen molar-refractivity contribution in [3.63, 3.8) is 0 Å². The van der Waals surface area contributed by atoms with Crippen LogP contribution in [0.3, 0.4) is 0 Å². The molecule has 0 bridgehead atoms. The Hall–Kier alpha value is -3.38. The van der Waals surface area contributed by atoms with Crippen LogP contribution in [0.25, 0.3) is 0 Å². The van der Waals surface area contributed by atoms with Crippen LogP contribution < -0.4 is 15.8 Å². The van der Waals surface area contributed by atoms with Crippen molar-refractivity contribution >= 4 is 17.4 Å². The minimum Gasteiger partial charge on any atom is -0.457 e. The van der Waals surface area contributed by atoms with Gasteiger partial charge in [-0.05, 0) is 66.3 Å². The number of rotatable bonds is 8. The molecule has 0 fully saturated rings. The Labute approximate surface area is 189 Å². The number of nitrogen functional groups attached to an aromatic ring is 1. The summed E-state index contributed by atoms with van der Waals surface area (Å²) < 4.78 is 11.3. The number of benzene rings is 2. The third kappa shape index (κ3) is 5.45. The van der Waals surface area contributed by atoms with Crippen molar-refractivity contribution in [2.24, 2.45) is 5.92 Å². The lowest BCUT2D eigenvalue weighted by molar-refractivity contribution is 0.102. The van der Waals surface area contributed by atoms with Gasteiger partial charge in [0.25, 0.3) is 5.91 Å². The summed E-state index contributed by atoms with van der Waals surface area (Å²) in [5.41, 5.74) is 9.72. The van der Waals surface area contributed by atoms with Crippen LogP contribution in [0.5, 0.6) is 11.5 Å². The zero-order chi connectivity index (χ0) is 23.3. The number of hydrogen-bond donors (Lipinski definition) is 2. The van der Waals surface area contributed by atoms with Gasteiger partial charge < -0.3 is 20.5 Å². The molecule has 0 radical (unpaired) electrons. The lowest BCUT2D eigenvalue weighted by Gasteiger charge is -2.19. The van der Waals surface area contributed by atoms with E-state index in [1.54, 1.807) is 25.3 Å². The number of ether oxygens (including phenoxy) is 2. The Morgan fingerprint density at radius 3 is 2.44 bits per heavy atom. The maximum Gasteiger partial charge on any atom is 0.259 e. The number of nitrogens with two attached hydrogens (primary N) is 1. The van der Waals surface area contributed by atoms with E-state index in [1.165, 1.54) is 5.56 Å². The normalized spacial score (nSPS) is 11.9. The number of methoxy groups -OCH3 is 1. The Bertz CT molecular complexity index is 1080. The molecule has 6 heteroatoms. The molecule has 2 aromatic carbocycles. The molecule has 168 valence electrons. The maximum absolute atomic E-state index is 12.7. The van der Waals surface area contributed by atoms with Crippen molar-refractivity contribution in [1.29, 1.82) is 0 Å². The molecule has 1 aromatic heterocycles. The lowest BCUT2D eigenvalue weighted by atomic mass is 9.90. The topological polar surface area (TPSA) is 86.5 Å². The average molecular weight is 434 g/mol. The zero-order valence-corrected chi connectivity index (χ0v) is 19.3. The second-order valence-electron chi connectivity index (χ2n) is 8.27. The molecule has 0 spiro atoms. The van der Waals surface area contributed by atoms with E-state index >= 15 is 0 Å². The van der Waals surface area contributed by atoms with Crippen LogP contribution in [0.1, 0.15) is 53.9 Å². The number of carbonyl (C=O) groups excluding carboxylic acids is 1. The Morgan fingerprint density at radius 1 is 1.09 bits per heavy atom. The number of para-hydroxylation sites is 1. The molecule has 0 aliphatic heterocycles. The van der Waals surface area contributed by atoms with E-state index in [4.69, 9.17) is 15.2 Å². The Balaban J connectivity index is 1.72. The number of pyridine rings is 1. The first-order chi connectivity index (χ1) is 15.3. The Morgan fingerprint density at radius 2 is 1.78 bits per heavy atom. The number of amides is 1. The molecule has 3 aromatic rings. The van der Waals surface area contributed by atoms with Crippen molar-refractivity contribution in [2.75, 3.05) is 18.2 Å². The highest BCUT2D eigenvalue weighted by molar-refractivity contribution is 6.07. The summed E-state index contributed by atoms with van der Waals surface area (Å²) in [6.07, 6.45) is 0. The van der Waals surface area contributed by atoms with E-state index < -0.39 is 0 Å². The predicted molar refractivity (Wildman–Crippen MR) is 128 cm³/mol. The van der Waals surface area contributed by atoms with Gasteiger partial charge in [-0.25, -0.2) is 4.98 Å². The van der Waals surface area contributed by atoms with E-state index in [1.807, 2.05) is 37.3 Å². The summed E-state index contributed by atoms with van der Waals surface area (Å²) in [4.78, 5) is 17.0. The molecule has 0 saturated carbocycles. The number of anilines is 2. The first-order valence-corrected chi connectivity index (χ1v) is 10.7. The highest BCUT2D eigenvalue weighted by Crippen LogP contribution is 2.34. The predicted octanol–water partition coefficient (Wildman–Crippen LogP) is 5.92. The van der Waals surface area contributed by atoms with Gasteiger partial charge in [-0.3, -0.25) is 4.79 Å². The number of nitrogens with zero attached hydrogens (tertiary/aromatic N) is 1. The number of aromatic nitrogens is 1. The Kier molecular flexibility index (Phi) is 7.49. The van der Waals surface area contributed by atoms with Crippen LogP contribution in [-0.2, 0) is 11.3 Å². The summed E-state index contributed by atoms with van der Waals surface area (Å²) in [6, 6.07) is 17.1. The minimum absolute atomic E-state index is 0.177.